The summed E-state index contributed by atoms with van der Waals surface area (Å²) in [7, 11) is -4.24. The van der Waals surface area contributed by atoms with E-state index in [9.17, 15) is 18.0 Å². The molecule has 0 fully saturated rings. The number of anilines is 1. The van der Waals surface area contributed by atoms with Crippen LogP contribution in [0, 0.1) is 6.92 Å². The van der Waals surface area contributed by atoms with E-state index in [1.165, 1.54) is 17.0 Å². The summed E-state index contributed by atoms with van der Waals surface area (Å²) in [6.07, 6.45) is 0.217. The smallest absolute Gasteiger partial charge is 0.264 e. The first kappa shape index (κ1) is 35.2. The molecule has 0 saturated carbocycles. The number of benzene rings is 5. The zero-order valence-electron chi connectivity index (χ0n) is 27.3. The van der Waals surface area contributed by atoms with E-state index >= 15 is 0 Å². The van der Waals surface area contributed by atoms with Gasteiger partial charge < -0.3 is 15.0 Å². The van der Waals surface area contributed by atoms with E-state index in [0.717, 1.165) is 15.4 Å². The van der Waals surface area contributed by atoms with Crippen molar-refractivity contribution in [3.63, 3.8) is 0 Å². The van der Waals surface area contributed by atoms with Crippen LogP contribution in [-0.2, 0) is 32.6 Å². The third-order valence-corrected chi connectivity index (χ3v) is 9.88. The van der Waals surface area contributed by atoms with Gasteiger partial charge in [0, 0.05) is 24.5 Å². The average Bonchev–Trinajstić information content (AvgIpc) is 3.10. The van der Waals surface area contributed by atoms with Crippen LogP contribution in [0.25, 0.3) is 0 Å². The Kier molecular flexibility index (Phi) is 11.7. The van der Waals surface area contributed by atoms with Crippen molar-refractivity contribution < 1.29 is 22.7 Å². The molecule has 252 valence electrons. The fourth-order valence-corrected chi connectivity index (χ4v) is 6.98. The Morgan fingerprint density at radius 1 is 0.776 bits per heavy atom. The fraction of sp³-hybridized carbons (Fsp3) is 0.179. The van der Waals surface area contributed by atoms with E-state index in [2.05, 4.69) is 5.32 Å². The lowest BCUT2D eigenvalue weighted by Crippen LogP contribution is -2.53. The van der Waals surface area contributed by atoms with Gasteiger partial charge in [-0.05, 0) is 85.6 Å². The van der Waals surface area contributed by atoms with Crippen LogP contribution < -0.4 is 14.4 Å². The first-order valence-corrected chi connectivity index (χ1v) is 17.7. The van der Waals surface area contributed by atoms with Crippen molar-refractivity contribution >= 4 is 39.1 Å². The van der Waals surface area contributed by atoms with Crippen molar-refractivity contribution in [1.82, 2.24) is 10.2 Å². The topological polar surface area (TPSA) is 96.0 Å². The molecular formula is C39H38ClN3O5S. The lowest BCUT2D eigenvalue weighted by Gasteiger charge is -2.34. The Bertz CT molecular complexity index is 1960. The molecule has 0 heterocycles. The number of nitrogens with zero attached hydrogens (tertiary/aromatic N) is 2. The minimum Gasteiger partial charge on any atom is -0.457 e. The summed E-state index contributed by atoms with van der Waals surface area (Å²) in [4.78, 5) is 29.7. The van der Waals surface area contributed by atoms with Gasteiger partial charge >= 0.3 is 0 Å². The van der Waals surface area contributed by atoms with E-state index in [1.807, 2.05) is 80.6 Å². The maximum Gasteiger partial charge on any atom is 0.264 e. The zero-order valence-corrected chi connectivity index (χ0v) is 28.9. The third kappa shape index (κ3) is 9.28. The van der Waals surface area contributed by atoms with Gasteiger partial charge in [0.1, 0.15) is 24.1 Å². The molecule has 1 atom stereocenters. The summed E-state index contributed by atoms with van der Waals surface area (Å²) < 4.78 is 35.6. The number of likely N-dealkylation sites (N-methyl/N-ethyl adjacent to an activating group) is 1. The fourth-order valence-electron chi connectivity index (χ4n) is 5.35. The van der Waals surface area contributed by atoms with Gasteiger partial charge in [-0.2, -0.15) is 0 Å². The Hall–Kier alpha value is -5.12. The normalized spacial score (nSPS) is 11.7. The van der Waals surface area contributed by atoms with E-state index in [1.54, 1.807) is 54.6 Å². The molecule has 5 rings (SSSR count). The number of aryl methyl sites for hydroxylation is 1. The molecule has 10 heteroatoms. The molecular weight excluding hydrogens is 658 g/mol. The van der Waals surface area contributed by atoms with Crippen LogP contribution in [-0.4, -0.2) is 44.3 Å². The molecule has 0 aromatic heterocycles. The van der Waals surface area contributed by atoms with Gasteiger partial charge in [-0.15, -0.1) is 0 Å². The SMILES string of the molecule is CCNC(=O)[C@H](Cc1ccccc1)N(Cc1cccc(Cl)c1)C(=O)CN(c1ccc(Oc2ccccc2)cc1)S(=O)(=O)c1ccc(C)cc1. The average molecular weight is 696 g/mol. The van der Waals surface area contributed by atoms with Gasteiger partial charge in [-0.3, -0.25) is 13.9 Å². The number of ether oxygens (including phenoxy) is 1. The highest BCUT2D eigenvalue weighted by Crippen LogP contribution is 2.29. The number of carbonyl (C=O) groups excluding carboxylic acids is 2. The summed E-state index contributed by atoms with van der Waals surface area (Å²) in [5.41, 5.74) is 2.69. The highest BCUT2D eigenvalue weighted by Gasteiger charge is 2.34. The number of amides is 2. The predicted molar refractivity (Wildman–Crippen MR) is 193 cm³/mol. The summed E-state index contributed by atoms with van der Waals surface area (Å²) in [6, 6.07) is 37.7. The number of rotatable bonds is 14. The summed E-state index contributed by atoms with van der Waals surface area (Å²) >= 11 is 6.32. The molecule has 49 heavy (non-hydrogen) atoms. The van der Waals surface area contributed by atoms with Crippen molar-refractivity contribution in [3.05, 3.63) is 155 Å². The molecule has 0 aliphatic rings. The first-order valence-electron chi connectivity index (χ1n) is 15.9. The van der Waals surface area contributed by atoms with E-state index < -0.39 is 28.5 Å². The Balaban J connectivity index is 1.55. The molecule has 5 aromatic rings. The van der Waals surface area contributed by atoms with Crippen molar-refractivity contribution in [2.45, 2.75) is 37.8 Å². The van der Waals surface area contributed by atoms with Gasteiger partial charge in [0.05, 0.1) is 10.6 Å². The van der Waals surface area contributed by atoms with Crippen LogP contribution in [0.5, 0.6) is 11.5 Å². The van der Waals surface area contributed by atoms with Gasteiger partial charge in [-0.1, -0.05) is 90.0 Å². The Labute approximate surface area is 293 Å². The van der Waals surface area contributed by atoms with Crippen molar-refractivity contribution in [3.8, 4) is 11.5 Å². The second kappa shape index (κ2) is 16.3. The molecule has 1 N–H and O–H groups in total. The Morgan fingerprint density at radius 3 is 2.02 bits per heavy atom. The summed E-state index contributed by atoms with van der Waals surface area (Å²) in [6.45, 7) is 3.48. The number of halogens is 1. The second-order valence-corrected chi connectivity index (χ2v) is 13.8. The number of hydrogen-bond acceptors (Lipinski definition) is 5. The van der Waals surface area contributed by atoms with Crippen molar-refractivity contribution in [2.24, 2.45) is 0 Å². The predicted octanol–water partition coefficient (Wildman–Crippen LogP) is 7.41. The van der Waals surface area contributed by atoms with Crippen LogP contribution >= 0.6 is 11.6 Å². The first-order chi connectivity index (χ1) is 23.6. The number of carbonyl (C=O) groups is 2. The van der Waals surface area contributed by atoms with Gasteiger partial charge in [0.2, 0.25) is 11.8 Å². The molecule has 0 radical (unpaired) electrons. The minimum absolute atomic E-state index is 0.0241. The standard InChI is InChI=1S/C39H38ClN3O5S/c1-3-41-39(45)37(26-30-11-6-4-7-12-30)42(27-31-13-10-14-32(40)25-31)38(44)28-43(49(46,47)36-23-17-29(2)18-24-36)33-19-21-35(22-20-33)48-34-15-8-5-9-16-34/h4-25,37H,3,26-28H2,1-2H3,(H,41,45)/t37-/m0/s1. The summed E-state index contributed by atoms with van der Waals surface area (Å²) in [5.74, 6) is 0.210. The summed E-state index contributed by atoms with van der Waals surface area (Å²) in [5, 5.41) is 3.34. The van der Waals surface area contributed by atoms with Gasteiger partial charge in [0.25, 0.3) is 10.0 Å². The van der Waals surface area contributed by atoms with Crippen LogP contribution in [0.3, 0.4) is 0 Å². The molecule has 0 aliphatic heterocycles. The second-order valence-electron chi connectivity index (χ2n) is 11.5. The number of para-hydroxylation sites is 1. The molecule has 0 spiro atoms. The van der Waals surface area contributed by atoms with Crippen LogP contribution in [0.15, 0.2) is 138 Å². The largest absolute Gasteiger partial charge is 0.457 e. The van der Waals surface area contributed by atoms with Crippen LogP contribution in [0.4, 0.5) is 5.69 Å². The van der Waals surface area contributed by atoms with E-state index in [4.69, 9.17) is 16.3 Å². The molecule has 8 nitrogen and oxygen atoms in total. The number of sulfonamides is 1. The maximum atomic E-state index is 14.6. The van der Waals surface area contributed by atoms with Gasteiger partial charge in [-0.25, -0.2) is 8.42 Å². The quantitative estimate of drug-likeness (QED) is 0.131. The molecule has 2 amide bonds. The molecule has 5 aromatic carbocycles. The molecule has 0 unspecified atom stereocenters. The van der Waals surface area contributed by atoms with E-state index in [-0.39, 0.29) is 29.5 Å². The van der Waals surface area contributed by atoms with Crippen LogP contribution in [0.2, 0.25) is 5.02 Å². The molecule has 0 saturated heterocycles. The van der Waals surface area contributed by atoms with E-state index in [0.29, 0.717) is 28.6 Å². The lowest BCUT2D eigenvalue weighted by molar-refractivity contribution is -0.140. The number of nitrogens with one attached hydrogen (secondary N) is 1. The molecule has 0 aliphatic carbocycles. The third-order valence-electron chi connectivity index (χ3n) is 7.86. The highest BCUT2D eigenvalue weighted by molar-refractivity contribution is 7.92. The Morgan fingerprint density at radius 2 is 1.39 bits per heavy atom. The minimum atomic E-state index is -4.24. The highest BCUT2D eigenvalue weighted by atomic mass is 35.5. The van der Waals surface area contributed by atoms with Crippen molar-refractivity contribution in [1.29, 1.82) is 0 Å². The maximum absolute atomic E-state index is 14.6. The number of hydrogen-bond donors (Lipinski definition) is 1. The molecule has 0 bridgehead atoms. The zero-order chi connectivity index (χ0) is 34.8. The van der Waals surface area contributed by atoms with Crippen molar-refractivity contribution in [2.75, 3.05) is 17.4 Å². The monoisotopic (exact) mass is 695 g/mol. The van der Waals surface area contributed by atoms with Gasteiger partial charge in [0.15, 0.2) is 0 Å². The van der Waals surface area contributed by atoms with Crippen LogP contribution in [0.1, 0.15) is 23.6 Å². The lowest BCUT2D eigenvalue weighted by atomic mass is 10.0.